The average Bonchev–Trinajstić information content (AvgIpc) is 2.60. The minimum absolute atomic E-state index is 0. The largest absolute Gasteiger partial charge is 0.481 e. The highest BCUT2D eigenvalue weighted by Crippen LogP contribution is 2.10. The van der Waals surface area contributed by atoms with E-state index >= 15 is 0 Å². The molecule has 0 saturated heterocycles. The predicted octanol–water partition coefficient (Wildman–Crippen LogP) is 3.66. The fraction of sp³-hybridized carbons (Fsp3) is 0.333. The van der Waals surface area contributed by atoms with E-state index < -0.39 is 0 Å². The third kappa shape index (κ3) is 7.92. The van der Waals surface area contributed by atoms with Crippen molar-refractivity contribution in [1.29, 1.82) is 0 Å². The Balaban J connectivity index is 0.00000312. The minimum atomic E-state index is 0. The molecular weight excluding hydrogens is 451 g/mol. The fourth-order valence-electron chi connectivity index (χ4n) is 2.16. The van der Waals surface area contributed by atoms with Gasteiger partial charge >= 0.3 is 0 Å². The van der Waals surface area contributed by atoms with Gasteiger partial charge in [-0.2, -0.15) is 0 Å². The Labute approximate surface area is 171 Å². The number of pyridine rings is 1. The van der Waals surface area contributed by atoms with Gasteiger partial charge in [0.1, 0.15) is 0 Å². The molecule has 0 fully saturated rings. The van der Waals surface area contributed by atoms with Gasteiger partial charge in [-0.1, -0.05) is 29.8 Å². The Kier molecular flexibility index (Phi) is 10.3. The number of ether oxygens (including phenoxy) is 1. The topological polar surface area (TPSA) is 58.5 Å². The number of aromatic nitrogens is 1. The summed E-state index contributed by atoms with van der Waals surface area (Å²) in [5.41, 5.74) is 2.23. The van der Waals surface area contributed by atoms with Crippen LogP contribution in [0, 0.1) is 0 Å². The van der Waals surface area contributed by atoms with Crippen LogP contribution >= 0.6 is 35.6 Å². The summed E-state index contributed by atoms with van der Waals surface area (Å²) in [4.78, 5) is 8.76. The molecule has 0 aliphatic heterocycles. The second-order valence-corrected chi connectivity index (χ2v) is 5.65. The molecule has 2 aromatic rings. The number of rotatable bonds is 7. The van der Waals surface area contributed by atoms with E-state index in [1.54, 1.807) is 13.3 Å². The molecule has 136 valence electrons. The van der Waals surface area contributed by atoms with E-state index in [4.69, 9.17) is 16.3 Å². The van der Waals surface area contributed by atoms with Gasteiger partial charge in [0, 0.05) is 30.4 Å². The Morgan fingerprint density at radius 1 is 1.20 bits per heavy atom. The van der Waals surface area contributed by atoms with E-state index in [9.17, 15) is 0 Å². The summed E-state index contributed by atoms with van der Waals surface area (Å²) < 4.78 is 5.06. The molecule has 1 aromatic heterocycles. The zero-order valence-corrected chi connectivity index (χ0v) is 17.5. The zero-order valence-electron chi connectivity index (χ0n) is 14.5. The summed E-state index contributed by atoms with van der Waals surface area (Å²) in [6.45, 7) is 4.20. The molecule has 1 aromatic carbocycles. The van der Waals surface area contributed by atoms with E-state index in [-0.39, 0.29) is 24.0 Å². The van der Waals surface area contributed by atoms with Crippen LogP contribution in [0.5, 0.6) is 5.88 Å². The maximum atomic E-state index is 6.00. The van der Waals surface area contributed by atoms with Gasteiger partial charge < -0.3 is 15.4 Å². The maximum absolute atomic E-state index is 6.00. The first-order valence-corrected chi connectivity index (χ1v) is 8.34. The van der Waals surface area contributed by atoms with E-state index in [0.29, 0.717) is 12.4 Å². The molecule has 0 unspecified atom stereocenters. The van der Waals surface area contributed by atoms with Crippen molar-refractivity contribution in [3.63, 3.8) is 0 Å². The maximum Gasteiger partial charge on any atom is 0.212 e. The number of guanidine groups is 1. The van der Waals surface area contributed by atoms with Crippen LogP contribution in [0.2, 0.25) is 5.02 Å². The Morgan fingerprint density at radius 2 is 2.04 bits per heavy atom. The lowest BCUT2D eigenvalue weighted by atomic mass is 10.1. The lowest BCUT2D eigenvalue weighted by Crippen LogP contribution is -2.38. The van der Waals surface area contributed by atoms with Crippen LogP contribution in [0.15, 0.2) is 47.6 Å². The second kappa shape index (κ2) is 11.9. The Hall–Kier alpha value is -1.54. The lowest BCUT2D eigenvalue weighted by molar-refractivity contribution is 0.397. The zero-order chi connectivity index (χ0) is 17.2. The van der Waals surface area contributed by atoms with Gasteiger partial charge in [-0.05, 0) is 36.6 Å². The van der Waals surface area contributed by atoms with Gasteiger partial charge in [0.15, 0.2) is 5.96 Å². The summed E-state index contributed by atoms with van der Waals surface area (Å²) in [7, 11) is 1.60. The van der Waals surface area contributed by atoms with Crippen molar-refractivity contribution in [2.24, 2.45) is 4.99 Å². The predicted molar refractivity (Wildman–Crippen MR) is 114 cm³/mol. The van der Waals surface area contributed by atoms with Gasteiger partial charge in [0.25, 0.3) is 0 Å². The third-order valence-electron chi connectivity index (χ3n) is 3.37. The molecular formula is C18H24ClIN4O. The molecule has 0 amide bonds. The first-order valence-electron chi connectivity index (χ1n) is 7.97. The number of methoxy groups -OCH3 is 1. The van der Waals surface area contributed by atoms with Crippen molar-refractivity contribution < 1.29 is 4.74 Å². The average molecular weight is 475 g/mol. The van der Waals surface area contributed by atoms with E-state index in [2.05, 4.69) is 26.7 Å². The van der Waals surface area contributed by atoms with E-state index in [0.717, 1.165) is 36.1 Å². The highest BCUT2D eigenvalue weighted by atomic mass is 127. The summed E-state index contributed by atoms with van der Waals surface area (Å²) in [5.74, 6) is 1.39. The van der Waals surface area contributed by atoms with Crippen LogP contribution in [0.25, 0.3) is 0 Å². The normalized spacial score (nSPS) is 10.8. The van der Waals surface area contributed by atoms with Gasteiger partial charge in [-0.3, -0.25) is 0 Å². The fourth-order valence-corrected chi connectivity index (χ4v) is 2.37. The highest BCUT2D eigenvalue weighted by molar-refractivity contribution is 14.0. The number of nitrogens with one attached hydrogen (secondary N) is 2. The van der Waals surface area contributed by atoms with Crippen molar-refractivity contribution in [3.8, 4) is 5.88 Å². The van der Waals surface area contributed by atoms with Crippen LogP contribution in [-0.2, 0) is 13.0 Å². The number of hydrogen-bond donors (Lipinski definition) is 2. The minimum Gasteiger partial charge on any atom is -0.481 e. The monoisotopic (exact) mass is 474 g/mol. The van der Waals surface area contributed by atoms with Crippen molar-refractivity contribution in [1.82, 2.24) is 15.6 Å². The third-order valence-corrected chi connectivity index (χ3v) is 3.60. The molecule has 0 atom stereocenters. The van der Waals surface area contributed by atoms with Crippen LogP contribution in [0.4, 0.5) is 0 Å². The van der Waals surface area contributed by atoms with Gasteiger partial charge in [-0.15, -0.1) is 24.0 Å². The number of hydrogen-bond acceptors (Lipinski definition) is 3. The highest BCUT2D eigenvalue weighted by Gasteiger charge is 2.00. The number of aliphatic imine (C=N–C) groups is 1. The molecule has 0 spiro atoms. The van der Waals surface area contributed by atoms with Crippen LogP contribution in [-0.4, -0.2) is 31.1 Å². The molecule has 1 heterocycles. The van der Waals surface area contributed by atoms with Crippen LogP contribution < -0.4 is 15.4 Å². The molecule has 25 heavy (non-hydrogen) atoms. The number of benzene rings is 1. The van der Waals surface area contributed by atoms with Crippen molar-refractivity contribution in [2.75, 3.05) is 20.2 Å². The Morgan fingerprint density at radius 3 is 2.68 bits per heavy atom. The molecule has 5 nitrogen and oxygen atoms in total. The smallest absolute Gasteiger partial charge is 0.212 e. The lowest BCUT2D eigenvalue weighted by Gasteiger charge is -2.11. The Bertz CT molecular complexity index is 664. The molecule has 0 saturated carbocycles. The first kappa shape index (κ1) is 21.5. The molecule has 0 aliphatic carbocycles. The molecule has 0 bridgehead atoms. The summed E-state index contributed by atoms with van der Waals surface area (Å²) >= 11 is 6.00. The number of nitrogens with zero attached hydrogens (tertiary/aromatic N) is 2. The molecule has 0 radical (unpaired) electrons. The standard InChI is InChI=1S/C18H23ClN4O.HI/c1-3-20-18(21-10-9-14-5-4-6-16(19)11-14)23-13-15-7-8-17(24-2)22-12-15;/h4-8,11-12H,3,9-10,13H2,1-2H3,(H2,20,21,23);1H. The quantitative estimate of drug-likeness (QED) is 0.365. The van der Waals surface area contributed by atoms with Crippen molar-refractivity contribution >= 4 is 41.5 Å². The van der Waals surface area contributed by atoms with Gasteiger partial charge in [0.2, 0.25) is 5.88 Å². The van der Waals surface area contributed by atoms with Crippen molar-refractivity contribution in [3.05, 3.63) is 58.7 Å². The number of halogens is 2. The molecule has 0 aliphatic rings. The molecule has 2 rings (SSSR count). The van der Waals surface area contributed by atoms with E-state index in [1.807, 2.05) is 37.3 Å². The SMILES string of the molecule is CCNC(=NCc1ccc(OC)nc1)NCCc1cccc(Cl)c1.I. The second-order valence-electron chi connectivity index (χ2n) is 5.21. The summed E-state index contributed by atoms with van der Waals surface area (Å²) in [5, 5.41) is 7.34. The van der Waals surface area contributed by atoms with Gasteiger partial charge in [0.05, 0.1) is 13.7 Å². The summed E-state index contributed by atoms with van der Waals surface area (Å²) in [6, 6.07) is 11.7. The molecule has 7 heteroatoms. The molecule has 2 N–H and O–H groups in total. The summed E-state index contributed by atoms with van der Waals surface area (Å²) in [6.07, 6.45) is 2.66. The van der Waals surface area contributed by atoms with Crippen LogP contribution in [0.3, 0.4) is 0 Å². The van der Waals surface area contributed by atoms with E-state index in [1.165, 1.54) is 5.56 Å². The first-order chi connectivity index (χ1) is 11.7. The van der Waals surface area contributed by atoms with Crippen LogP contribution in [0.1, 0.15) is 18.1 Å². The van der Waals surface area contributed by atoms with Gasteiger partial charge in [-0.25, -0.2) is 9.98 Å². The van der Waals surface area contributed by atoms with Crippen molar-refractivity contribution in [2.45, 2.75) is 19.9 Å².